The fourth-order valence-electron chi connectivity index (χ4n) is 2.63. The molecule has 0 fully saturated rings. The van der Waals surface area contributed by atoms with E-state index in [0.29, 0.717) is 13.1 Å². The van der Waals surface area contributed by atoms with Crippen molar-refractivity contribution in [1.82, 2.24) is 15.3 Å². The summed E-state index contributed by atoms with van der Waals surface area (Å²) in [4.78, 5) is 8.95. The topological polar surface area (TPSA) is 92.2 Å². The standard InChI is InChI=1S/C20H21N3O3S/c24-10-11-27(25,26)18-5-3-4-16(12-18)13-21-14-17-7-8-20(23-15-17)19-6-1-2-9-22-19/h1-9,12,15,21,24H,10-11,13-14H2. The average molecular weight is 383 g/mol. The molecule has 1 aromatic carbocycles. The van der Waals surface area contributed by atoms with Crippen LogP contribution in [0.25, 0.3) is 11.4 Å². The Kier molecular flexibility index (Phi) is 6.28. The van der Waals surface area contributed by atoms with Crippen molar-refractivity contribution in [2.24, 2.45) is 0 Å². The van der Waals surface area contributed by atoms with Crippen LogP contribution in [0.3, 0.4) is 0 Å². The Balaban J connectivity index is 1.59. The van der Waals surface area contributed by atoms with Crippen molar-refractivity contribution in [1.29, 1.82) is 0 Å². The predicted molar refractivity (Wildman–Crippen MR) is 104 cm³/mol. The first kappa shape index (κ1) is 19.2. The first-order valence-electron chi connectivity index (χ1n) is 8.58. The zero-order valence-corrected chi connectivity index (χ0v) is 15.6. The number of nitrogens with one attached hydrogen (secondary N) is 1. The van der Waals surface area contributed by atoms with Crippen LogP contribution in [0.15, 0.2) is 71.9 Å². The van der Waals surface area contributed by atoms with E-state index in [1.165, 1.54) is 0 Å². The molecule has 0 spiro atoms. The fourth-order valence-corrected chi connectivity index (χ4v) is 3.73. The minimum absolute atomic E-state index is 0.234. The van der Waals surface area contributed by atoms with Crippen LogP contribution in [0.5, 0.6) is 0 Å². The highest BCUT2D eigenvalue weighted by Gasteiger charge is 2.13. The van der Waals surface area contributed by atoms with Gasteiger partial charge in [-0.3, -0.25) is 9.97 Å². The van der Waals surface area contributed by atoms with Crippen molar-refractivity contribution in [3.63, 3.8) is 0 Å². The first-order valence-corrected chi connectivity index (χ1v) is 10.2. The molecule has 0 bridgehead atoms. The van der Waals surface area contributed by atoms with Crippen LogP contribution in [0.1, 0.15) is 11.1 Å². The molecule has 6 nitrogen and oxygen atoms in total. The number of aliphatic hydroxyl groups excluding tert-OH is 1. The summed E-state index contributed by atoms with van der Waals surface area (Å²) >= 11 is 0. The lowest BCUT2D eigenvalue weighted by atomic mass is 10.2. The van der Waals surface area contributed by atoms with Gasteiger partial charge in [-0.1, -0.05) is 24.3 Å². The van der Waals surface area contributed by atoms with E-state index in [1.54, 1.807) is 30.6 Å². The number of hydrogen-bond acceptors (Lipinski definition) is 6. The molecule has 2 aromatic heterocycles. The predicted octanol–water partition coefficient (Wildman–Crippen LogP) is 2.20. The molecule has 0 unspecified atom stereocenters. The Labute approximate surface area is 158 Å². The van der Waals surface area contributed by atoms with Crippen molar-refractivity contribution >= 4 is 9.84 Å². The van der Waals surface area contributed by atoms with Crippen LogP contribution in [0.4, 0.5) is 0 Å². The molecule has 0 saturated carbocycles. The molecule has 27 heavy (non-hydrogen) atoms. The van der Waals surface area contributed by atoms with E-state index in [9.17, 15) is 8.42 Å². The van der Waals surface area contributed by atoms with E-state index in [0.717, 1.165) is 22.5 Å². The van der Waals surface area contributed by atoms with Crippen molar-refractivity contribution in [3.05, 3.63) is 78.1 Å². The van der Waals surface area contributed by atoms with Gasteiger partial charge in [0.1, 0.15) is 0 Å². The normalized spacial score (nSPS) is 11.4. The van der Waals surface area contributed by atoms with Crippen LogP contribution in [-0.2, 0) is 22.9 Å². The van der Waals surface area contributed by atoms with E-state index in [1.807, 2.05) is 36.4 Å². The second kappa shape index (κ2) is 8.85. The van der Waals surface area contributed by atoms with E-state index in [4.69, 9.17) is 5.11 Å². The van der Waals surface area contributed by atoms with Crippen molar-refractivity contribution in [3.8, 4) is 11.4 Å². The third-order valence-electron chi connectivity index (χ3n) is 4.03. The number of pyridine rings is 2. The van der Waals surface area contributed by atoms with Crippen LogP contribution in [0, 0.1) is 0 Å². The SMILES string of the molecule is O=S(=O)(CCO)c1cccc(CNCc2ccc(-c3ccccn3)nc2)c1. The van der Waals surface area contributed by atoms with Gasteiger partial charge in [-0.2, -0.15) is 0 Å². The molecule has 0 aliphatic heterocycles. The Morgan fingerprint density at radius 2 is 1.70 bits per heavy atom. The Hall–Kier alpha value is -2.61. The Bertz CT molecular complexity index is 975. The van der Waals surface area contributed by atoms with Gasteiger partial charge in [-0.05, 0) is 41.5 Å². The Morgan fingerprint density at radius 1 is 0.889 bits per heavy atom. The molecule has 0 atom stereocenters. The molecule has 0 aliphatic rings. The molecular weight excluding hydrogens is 362 g/mol. The third kappa shape index (κ3) is 5.19. The number of nitrogens with zero attached hydrogens (tertiary/aromatic N) is 2. The third-order valence-corrected chi connectivity index (χ3v) is 5.72. The quantitative estimate of drug-likeness (QED) is 0.620. The van der Waals surface area contributed by atoms with Crippen molar-refractivity contribution in [2.45, 2.75) is 18.0 Å². The highest BCUT2D eigenvalue weighted by Crippen LogP contribution is 2.15. The zero-order chi connectivity index (χ0) is 19.1. The monoisotopic (exact) mass is 383 g/mol. The molecule has 0 aliphatic carbocycles. The lowest BCUT2D eigenvalue weighted by Crippen LogP contribution is -2.14. The average Bonchev–Trinajstić information content (AvgIpc) is 2.69. The maximum Gasteiger partial charge on any atom is 0.180 e. The lowest BCUT2D eigenvalue weighted by molar-refractivity contribution is 0.319. The molecule has 2 N–H and O–H groups in total. The van der Waals surface area contributed by atoms with Gasteiger partial charge in [0.2, 0.25) is 0 Å². The molecule has 7 heteroatoms. The van der Waals surface area contributed by atoms with E-state index < -0.39 is 9.84 Å². The fraction of sp³-hybridized carbons (Fsp3) is 0.200. The van der Waals surface area contributed by atoms with Crippen molar-refractivity contribution in [2.75, 3.05) is 12.4 Å². The summed E-state index contributed by atoms with van der Waals surface area (Å²) in [5, 5.41) is 12.2. The highest BCUT2D eigenvalue weighted by atomic mass is 32.2. The number of sulfone groups is 1. The lowest BCUT2D eigenvalue weighted by Gasteiger charge is -2.08. The van der Waals surface area contributed by atoms with E-state index in [2.05, 4.69) is 15.3 Å². The molecule has 3 rings (SSSR count). The van der Waals surface area contributed by atoms with E-state index >= 15 is 0 Å². The molecule has 140 valence electrons. The molecule has 2 heterocycles. The number of aliphatic hydroxyl groups is 1. The smallest absolute Gasteiger partial charge is 0.180 e. The summed E-state index contributed by atoms with van der Waals surface area (Å²) in [5.41, 5.74) is 3.55. The summed E-state index contributed by atoms with van der Waals surface area (Å²) in [7, 11) is -3.43. The van der Waals surface area contributed by atoms with Gasteiger partial charge >= 0.3 is 0 Å². The zero-order valence-electron chi connectivity index (χ0n) is 14.7. The van der Waals surface area contributed by atoms with Crippen LogP contribution in [-0.4, -0.2) is 35.9 Å². The van der Waals surface area contributed by atoms with Crippen LogP contribution >= 0.6 is 0 Å². The number of rotatable bonds is 8. The molecule has 0 radical (unpaired) electrons. The summed E-state index contributed by atoms with van der Waals surface area (Å²) < 4.78 is 24.1. The first-order chi connectivity index (χ1) is 13.1. The van der Waals surface area contributed by atoms with Gasteiger partial charge in [-0.25, -0.2) is 8.42 Å². The summed E-state index contributed by atoms with van der Waals surface area (Å²) in [6.07, 6.45) is 3.54. The minimum atomic E-state index is -3.43. The van der Waals surface area contributed by atoms with Crippen molar-refractivity contribution < 1.29 is 13.5 Å². The van der Waals surface area contributed by atoms with Gasteiger partial charge in [0.15, 0.2) is 9.84 Å². The maximum atomic E-state index is 12.0. The second-order valence-corrected chi connectivity index (χ2v) is 8.17. The van der Waals surface area contributed by atoms with E-state index in [-0.39, 0.29) is 17.3 Å². The van der Waals surface area contributed by atoms with Gasteiger partial charge in [0, 0.05) is 25.5 Å². The second-order valence-electron chi connectivity index (χ2n) is 6.06. The molecule has 3 aromatic rings. The van der Waals surface area contributed by atoms with Gasteiger partial charge in [0.05, 0.1) is 28.6 Å². The number of aromatic nitrogens is 2. The highest BCUT2D eigenvalue weighted by molar-refractivity contribution is 7.91. The Morgan fingerprint density at radius 3 is 2.41 bits per heavy atom. The number of hydrogen-bond donors (Lipinski definition) is 2. The van der Waals surface area contributed by atoms with Crippen LogP contribution in [0.2, 0.25) is 0 Å². The summed E-state index contributed by atoms with van der Waals surface area (Å²) in [6, 6.07) is 16.4. The van der Waals surface area contributed by atoms with Gasteiger partial charge < -0.3 is 10.4 Å². The summed E-state index contributed by atoms with van der Waals surface area (Å²) in [6.45, 7) is 0.764. The summed E-state index contributed by atoms with van der Waals surface area (Å²) in [5.74, 6) is -0.266. The molecular formula is C20H21N3O3S. The maximum absolute atomic E-state index is 12.0. The number of benzene rings is 1. The van der Waals surface area contributed by atoms with Gasteiger partial charge in [-0.15, -0.1) is 0 Å². The minimum Gasteiger partial charge on any atom is -0.395 e. The molecule has 0 amide bonds. The largest absolute Gasteiger partial charge is 0.395 e. The van der Waals surface area contributed by atoms with Crippen LogP contribution < -0.4 is 5.32 Å². The molecule has 0 saturated heterocycles. The van der Waals surface area contributed by atoms with Gasteiger partial charge in [0.25, 0.3) is 0 Å².